The molecule has 0 saturated carbocycles. The first-order valence-corrected chi connectivity index (χ1v) is 12.4. The van der Waals surface area contributed by atoms with E-state index in [1.54, 1.807) is 23.6 Å². The van der Waals surface area contributed by atoms with Gasteiger partial charge in [0.2, 0.25) is 0 Å². The largest absolute Gasteiger partial charge is 0.482 e. The van der Waals surface area contributed by atoms with Gasteiger partial charge in [-0.25, -0.2) is 13.2 Å². The molecule has 0 saturated heterocycles. The SMILES string of the molecule is CN(c1ccc(OCC(=O)OCC(=O)Nc2cc(Cl)cc(Cl)c2)cc1)S(=O)(=O)c1cccs1. The Morgan fingerprint density at radius 3 is 2.30 bits per heavy atom. The standard InChI is InChI=1S/C21H18Cl2N2O6S2/c1-25(33(28,29)21-3-2-8-32-21)17-4-6-18(7-5-17)30-13-20(27)31-12-19(26)24-16-10-14(22)9-15(23)11-16/h2-11H,12-13H2,1H3,(H,24,26). The fraction of sp³-hybridized carbons (Fsp3) is 0.143. The number of esters is 1. The van der Waals surface area contributed by atoms with Crippen molar-refractivity contribution in [3.8, 4) is 5.75 Å². The molecule has 0 aliphatic heterocycles. The molecule has 3 aromatic rings. The van der Waals surface area contributed by atoms with Gasteiger partial charge in [-0.05, 0) is 53.9 Å². The number of thiophene rings is 1. The Morgan fingerprint density at radius 1 is 1.03 bits per heavy atom. The molecule has 0 aliphatic rings. The van der Waals surface area contributed by atoms with Crippen molar-refractivity contribution in [1.29, 1.82) is 0 Å². The van der Waals surface area contributed by atoms with Gasteiger partial charge in [0, 0.05) is 22.8 Å². The van der Waals surface area contributed by atoms with Gasteiger partial charge in [0.05, 0.1) is 5.69 Å². The summed E-state index contributed by atoms with van der Waals surface area (Å²) in [4.78, 5) is 23.8. The molecule has 1 amide bonds. The van der Waals surface area contributed by atoms with E-state index in [-0.39, 0.29) is 4.21 Å². The highest BCUT2D eigenvalue weighted by atomic mass is 35.5. The molecule has 3 rings (SSSR count). The van der Waals surface area contributed by atoms with E-state index in [1.165, 1.54) is 43.4 Å². The number of amides is 1. The monoisotopic (exact) mass is 528 g/mol. The molecule has 0 bridgehead atoms. The molecule has 174 valence electrons. The predicted octanol–water partition coefficient (Wildman–Crippen LogP) is 4.44. The molecule has 1 N–H and O–H groups in total. The summed E-state index contributed by atoms with van der Waals surface area (Å²) in [5.74, 6) is -0.993. The number of carbonyl (C=O) groups excluding carboxylic acids is 2. The van der Waals surface area contributed by atoms with Crippen molar-refractivity contribution in [2.45, 2.75) is 4.21 Å². The van der Waals surface area contributed by atoms with Crippen molar-refractivity contribution in [3.63, 3.8) is 0 Å². The van der Waals surface area contributed by atoms with Crippen LogP contribution in [0.4, 0.5) is 11.4 Å². The maximum absolute atomic E-state index is 12.6. The first-order chi connectivity index (χ1) is 15.6. The number of benzene rings is 2. The second kappa shape index (κ2) is 10.9. The molecule has 1 aromatic heterocycles. The number of sulfonamides is 1. The highest BCUT2D eigenvalue weighted by Gasteiger charge is 2.22. The van der Waals surface area contributed by atoms with Gasteiger partial charge in [0.25, 0.3) is 15.9 Å². The highest BCUT2D eigenvalue weighted by Crippen LogP contribution is 2.26. The fourth-order valence-corrected chi connectivity index (χ4v) is 5.47. The Bertz CT molecular complexity index is 1210. The van der Waals surface area contributed by atoms with Gasteiger partial charge in [-0.1, -0.05) is 29.3 Å². The lowest BCUT2D eigenvalue weighted by molar-refractivity contribution is -0.149. The fourth-order valence-electron chi connectivity index (χ4n) is 2.59. The Morgan fingerprint density at radius 2 is 1.70 bits per heavy atom. The smallest absolute Gasteiger partial charge is 0.344 e. The summed E-state index contributed by atoms with van der Waals surface area (Å²) in [5.41, 5.74) is 0.798. The van der Waals surface area contributed by atoms with E-state index in [1.807, 2.05) is 0 Å². The van der Waals surface area contributed by atoms with E-state index in [2.05, 4.69) is 5.32 Å². The zero-order valence-electron chi connectivity index (χ0n) is 17.2. The molecule has 33 heavy (non-hydrogen) atoms. The van der Waals surface area contributed by atoms with Crippen molar-refractivity contribution in [2.24, 2.45) is 0 Å². The van der Waals surface area contributed by atoms with Gasteiger partial charge in [-0.2, -0.15) is 0 Å². The quantitative estimate of drug-likeness (QED) is 0.412. The molecule has 1 heterocycles. The maximum Gasteiger partial charge on any atom is 0.344 e. The van der Waals surface area contributed by atoms with E-state index in [0.717, 1.165) is 15.6 Å². The highest BCUT2D eigenvalue weighted by molar-refractivity contribution is 7.94. The number of rotatable bonds is 9. The molecule has 0 aliphatic carbocycles. The number of carbonyl (C=O) groups is 2. The Kier molecular flexibility index (Phi) is 8.20. The minimum absolute atomic E-state index is 0.232. The van der Waals surface area contributed by atoms with Crippen LogP contribution in [0.15, 0.2) is 64.2 Å². The average molecular weight is 529 g/mol. The van der Waals surface area contributed by atoms with Gasteiger partial charge < -0.3 is 14.8 Å². The minimum Gasteiger partial charge on any atom is -0.482 e. The average Bonchev–Trinajstić information content (AvgIpc) is 3.31. The molecule has 0 atom stereocenters. The van der Waals surface area contributed by atoms with E-state index in [4.69, 9.17) is 32.7 Å². The van der Waals surface area contributed by atoms with Gasteiger partial charge in [-0.15, -0.1) is 11.3 Å². The van der Waals surface area contributed by atoms with Crippen molar-refractivity contribution >= 4 is 67.8 Å². The topological polar surface area (TPSA) is 102 Å². The number of hydrogen-bond acceptors (Lipinski definition) is 7. The van der Waals surface area contributed by atoms with Crippen LogP contribution >= 0.6 is 34.5 Å². The van der Waals surface area contributed by atoms with Crippen LogP contribution in [0, 0.1) is 0 Å². The summed E-state index contributed by atoms with van der Waals surface area (Å²) < 4.78 is 36.7. The summed E-state index contributed by atoms with van der Waals surface area (Å²) in [7, 11) is -2.20. The molecule has 0 spiro atoms. The Labute approximate surface area is 204 Å². The molecule has 0 unspecified atom stereocenters. The molecular weight excluding hydrogens is 511 g/mol. The molecule has 0 fully saturated rings. The molecule has 8 nitrogen and oxygen atoms in total. The second-order valence-electron chi connectivity index (χ2n) is 6.55. The second-order valence-corrected chi connectivity index (χ2v) is 10.6. The zero-order valence-corrected chi connectivity index (χ0v) is 20.3. The number of nitrogens with one attached hydrogen (secondary N) is 1. The normalized spacial score (nSPS) is 11.0. The first-order valence-electron chi connectivity index (χ1n) is 9.32. The van der Waals surface area contributed by atoms with Crippen LogP contribution in [0.2, 0.25) is 10.0 Å². The van der Waals surface area contributed by atoms with Crippen LogP contribution in [-0.2, 0) is 24.3 Å². The van der Waals surface area contributed by atoms with E-state index >= 15 is 0 Å². The summed E-state index contributed by atoms with van der Waals surface area (Å²) in [6.45, 7) is -0.949. The van der Waals surface area contributed by atoms with Gasteiger partial charge in [0.15, 0.2) is 13.2 Å². The van der Waals surface area contributed by atoms with Crippen molar-refractivity contribution < 1.29 is 27.5 Å². The van der Waals surface area contributed by atoms with Crippen LogP contribution in [0.5, 0.6) is 5.75 Å². The number of ether oxygens (including phenoxy) is 2. The summed E-state index contributed by atoms with van der Waals surface area (Å²) in [5, 5.41) is 4.90. The van der Waals surface area contributed by atoms with E-state index in [0.29, 0.717) is 27.2 Å². The van der Waals surface area contributed by atoms with Crippen LogP contribution < -0.4 is 14.4 Å². The number of nitrogens with zero attached hydrogens (tertiary/aromatic N) is 1. The number of halogens is 2. The summed E-state index contributed by atoms with van der Waals surface area (Å²) in [6.07, 6.45) is 0. The van der Waals surface area contributed by atoms with Crippen molar-refractivity contribution in [1.82, 2.24) is 0 Å². The Balaban J connectivity index is 1.47. The van der Waals surface area contributed by atoms with E-state index in [9.17, 15) is 18.0 Å². The van der Waals surface area contributed by atoms with Gasteiger partial charge >= 0.3 is 5.97 Å². The molecule has 2 aromatic carbocycles. The lowest BCUT2D eigenvalue weighted by atomic mass is 10.3. The van der Waals surface area contributed by atoms with Gasteiger partial charge in [0.1, 0.15) is 9.96 Å². The summed E-state index contributed by atoms with van der Waals surface area (Å²) >= 11 is 12.9. The molecule has 12 heteroatoms. The molecule has 0 radical (unpaired) electrons. The molecular formula is C21H18Cl2N2O6S2. The third-order valence-electron chi connectivity index (χ3n) is 4.18. The number of hydrogen-bond donors (Lipinski definition) is 1. The lowest BCUT2D eigenvalue weighted by Gasteiger charge is -2.18. The van der Waals surface area contributed by atoms with Crippen LogP contribution in [-0.4, -0.2) is 40.6 Å². The van der Waals surface area contributed by atoms with E-state index < -0.39 is 35.1 Å². The third-order valence-corrected chi connectivity index (χ3v) is 7.77. The predicted molar refractivity (Wildman–Crippen MR) is 128 cm³/mol. The zero-order chi connectivity index (χ0) is 24.0. The van der Waals surface area contributed by atoms with Crippen LogP contribution in [0.3, 0.4) is 0 Å². The van der Waals surface area contributed by atoms with Crippen LogP contribution in [0.25, 0.3) is 0 Å². The van der Waals surface area contributed by atoms with Crippen molar-refractivity contribution in [3.05, 3.63) is 70.0 Å². The lowest BCUT2D eigenvalue weighted by Crippen LogP contribution is -2.25. The van der Waals surface area contributed by atoms with Crippen LogP contribution in [0.1, 0.15) is 0 Å². The number of anilines is 2. The van der Waals surface area contributed by atoms with Gasteiger partial charge in [-0.3, -0.25) is 9.10 Å². The van der Waals surface area contributed by atoms with Crippen molar-refractivity contribution in [2.75, 3.05) is 29.9 Å². The summed E-state index contributed by atoms with van der Waals surface area (Å²) in [6, 6.07) is 13.9. The first kappa shape index (κ1) is 24.8. The minimum atomic E-state index is -3.65. The third kappa shape index (κ3) is 6.84. The maximum atomic E-state index is 12.6. The Hall–Kier alpha value is -2.79.